The number of fused-ring (bicyclic) bond motifs is 5. The Morgan fingerprint density at radius 3 is 0.754 bits per heavy atom. The molecule has 28 nitrogen and oxygen atoms in total. The molecule has 0 radical (unpaired) electrons. The van der Waals surface area contributed by atoms with Crippen LogP contribution in [0.3, 0.4) is 0 Å². The van der Waals surface area contributed by atoms with Gasteiger partial charge >= 0.3 is 0 Å². The zero-order valence-electron chi connectivity index (χ0n) is 71.2. The van der Waals surface area contributed by atoms with Crippen LogP contribution in [0.4, 0.5) is 39.8 Å². The lowest BCUT2D eigenvalue weighted by atomic mass is 9.93. The number of nitrogens with zero attached hydrogens (tertiary/aromatic N) is 20. The third-order valence-electron chi connectivity index (χ3n) is 24.6. The number of aliphatic hydroxyl groups is 5. The second kappa shape index (κ2) is 39.2. The molecular formula is C95H94F5N23O5S2. The fourth-order valence-corrected chi connectivity index (χ4v) is 18.5. The number of thioether (sulfide) groups is 2. The second-order valence-electron chi connectivity index (χ2n) is 32.6. The molecule has 0 amide bonds. The Hall–Kier alpha value is -12.9. The van der Waals surface area contributed by atoms with Gasteiger partial charge in [-0.05, 0) is 235 Å². The number of halogens is 5. The van der Waals surface area contributed by atoms with Crippen molar-refractivity contribution in [3.8, 4) is 113 Å². The van der Waals surface area contributed by atoms with Crippen LogP contribution in [0.1, 0.15) is 130 Å². The van der Waals surface area contributed by atoms with Crippen molar-refractivity contribution in [3.05, 3.63) is 241 Å². The summed E-state index contributed by atoms with van der Waals surface area (Å²) in [6.45, 7) is 0.244. The van der Waals surface area contributed by atoms with Crippen LogP contribution in [0, 0.1) is 29.1 Å². The number of anilines is 3. The van der Waals surface area contributed by atoms with Gasteiger partial charge in [0.25, 0.3) is 0 Å². The molecule has 2 saturated carbocycles. The molecule has 666 valence electrons. The summed E-state index contributed by atoms with van der Waals surface area (Å²) in [5.74, 6) is 4.59. The maximum absolute atomic E-state index is 13.4. The van der Waals surface area contributed by atoms with Crippen molar-refractivity contribution in [1.82, 2.24) is 97.6 Å². The fourth-order valence-electron chi connectivity index (χ4n) is 17.7. The van der Waals surface area contributed by atoms with Gasteiger partial charge in [0, 0.05) is 103 Å². The van der Waals surface area contributed by atoms with Gasteiger partial charge in [0.2, 0.25) is 17.8 Å². The van der Waals surface area contributed by atoms with Crippen LogP contribution in [-0.4, -0.2) is 181 Å². The van der Waals surface area contributed by atoms with Crippen LogP contribution in [-0.2, 0) is 32.1 Å². The normalized spacial score (nSPS) is 17.3. The van der Waals surface area contributed by atoms with E-state index in [-0.39, 0.29) is 98.3 Å². The molecular weight excluding hydrogens is 1700 g/mol. The summed E-state index contributed by atoms with van der Waals surface area (Å²) in [6, 6.07) is 41.5. The Morgan fingerprint density at radius 2 is 0.531 bits per heavy atom. The summed E-state index contributed by atoms with van der Waals surface area (Å²) >= 11 is 2.95. The van der Waals surface area contributed by atoms with Crippen LogP contribution in [0.5, 0.6) is 0 Å². The minimum Gasteiger partial charge on any atom is -0.394 e. The third-order valence-corrected chi connectivity index (χ3v) is 25.7. The SMILES string of the molecule is CSc1nccc(-c2c(-c3ccc(F)cc3)nc3n2[C@@H](CO)CC3)n1.CSc1nccc(-c2c(-c3ccc(F)cc3)nc3n2[C@H](CO)CC3)n1.Nc1nccc(-c2c(-c3ccc(F)cc3)nc3n2[C@H](CO)CC3)n1.OC[C@@H]1CCc2nc(-c3ccc(F)cc3)c(-c3ccnc(NC4CCC4)n3)n21.OC[C@H]1CCc2nc(-c3ccc(F)cc3)c(-c3ccnc(NC4CCC4)n3)n21. The lowest BCUT2D eigenvalue weighted by Gasteiger charge is -2.26. The zero-order valence-corrected chi connectivity index (χ0v) is 72.8. The highest BCUT2D eigenvalue weighted by atomic mass is 32.2. The zero-order chi connectivity index (χ0) is 89.6. The Morgan fingerprint density at radius 1 is 0.300 bits per heavy atom. The number of aliphatic hydroxyl groups excluding tert-OH is 5. The molecule has 0 saturated heterocycles. The van der Waals surface area contributed by atoms with Gasteiger partial charge in [0.05, 0.1) is 149 Å². The maximum Gasteiger partial charge on any atom is 0.223 e. The first kappa shape index (κ1) is 87.8. The first-order chi connectivity index (χ1) is 63.5. The fraction of sp³-hybridized carbons (Fsp3) is 0.316. The summed E-state index contributed by atoms with van der Waals surface area (Å²) in [7, 11) is 0. The minimum atomic E-state index is -0.299. The summed E-state index contributed by atoms with van der Waals surface area (Å²) in [5.41, 5.74) is 21.5. The predicted octanol–water partition coefficient (Wildman–Crippen LogP) is 16.1. The monoisotopic (exact) mass is 1800 g/mol. The van der Waals surface area contributed by atoms with Gasteiger partial charge < -0.3 is 64.7 Å². The van der Waals surface area contributed by atoms with Gasteiger partial charge in [-0.2, -0.15) is 0 Å². The van der Waals surface area contributed by atoms with Crippen LogP contribution in [0.15, 0.2) is 193 Å². The van der Waals surface area contributed by atoms with E-state index in [0.717, 1.165) is 221 Å². The molecule has 5 atom stereocenters. The van der Waals surface area contributed by atoms with E-state index in [0.29, 0.717) is 45.7 Å². The summed E-state index contributed by atoms with van der Waals surface area (Å²) < 4.78 is 77.1. The third kappa shape index (κ3) is 18.3. The van der Waals surface area contributed by atoms with Gasteiger partial charge in [0.1, 0.15) is 58.2 Å². The van der Waals surface area contributed by atoms with Crippen molar-refractivity contribution in [1.29, 1.82) is 0 Å². The number of nitrogen functional groups attached to an aromatic ring is 1. The van der Waals surface area contributed by atoms with Crippen molar-refractivity contribution >= 4 is 41.4 Å². The number of nitrogens with two attached hydrogens (primary N) is 1. The summed E-state index contributed by atoms with van der Waals surface area (Å²) in [5, 5.41) is 57.1. The highest BCUT2D eigenvalue weighted by Crippen LogP contribution is 2.46. The van der Waals surface area contributed by atoms with Crippen LogP contribution < -0.4 is 16.4 Å². The molecule has 7 aliphatic rings. The smallest absolute Gasteiger partial charge is 0.223 e. The average molecular weight is 1800 g/mol. The lowest BCUT2D eigenvalue weighted by molar-refractivity contribution is 0.234. The summed E-state index contributed by atoms with van der Waals surface area (Å²) in [4.78, 5) is 68.1. The number of aryl methyl sites for hydroxylation is 5. The van der Waals surface area contributed by atoms with Gasteiger partial charge in [-0.15, -0.1) is 0 Å². The van der Waals surface area contributed by atoms with E-state index in [2.05, 4.69) is 68.8 Å². The number of hydrogen-bond acceptors (Lipinski definition) is 25. The Labute approximate surface area is 753 Å². The van der Waals surface area contributed by atoms with E-state index in [9.17, 15) is 47.5 Å². The second-order valence-corrected chi connectivity index (χ2v) is 34.2. The molecule has 5 aliphatic heterocycles. The lowest BCUT2D eigenvalue weighted by Crippen LogP contribution is -2.28. The molecule has 10 aromatic heterocycles. The molecule has 0 spiro atoms. The molecule has 9 N–H and O–H groups in total. The standard InChI is InChI=1S/2C21H22FN5O.2C18H17FN4OS.C17H16FN5O/c2*22-14-6-4-13(5-7-14)19-20(27-16(12-28)8-9-18(27)26-19)17-10-11-23-21(25-17)24-15-2-1-3-15;2*1-25-18-20-9-8-14(21-18)17-16(11-2-4-12(19)5-3-11)22-15-7-6-13(10-24)23(15)17;18-11-3-1-10(2-4-11)15-16(13-7-8-20-17(19)21-13)23-12(9-24)5-6-14(23)22-15/h2*4-7,10-11,15-16,28H,1-3,8-9,12H2,(H,23,24,25);2*2-5,8-9,13,24H,6-7,10H2,1H3;1-4,7-8,12,24H,5-6,9H2,(H2,19,20,21)/t2*16-;2*13-;12-/m10100/s1. The highest BCUT2D eigenvalue weighted by molar-refractivity contribution is 7.98. The van der Waals surface area contributed by atoms with Gasteiger partial charge in [-0.25, -0.2) is 96.7 Å². The van der Waals surface area contributed by atoms with Crippen LogP contribution >= 0.6 is 23.5 Å². The number of rotatable bonds is 21. The molecule has 5 aromatic carbocycles. The average Bonchev–Trinajstić information content (AvgIpc) is 1.62. The van der Waals surface area contributed by atoms with Crippen molar-refractivity contribution in [2.24, 2.45) is 0 Å². The van der Waals surface area contributed by atoms with Crippen molar-refractivity contribution < 1.29 is 47.5 Å². The van der Waals surface area contributed by atoms with Crippen molar-refractivity contribution in [2.75, 3.05) is 61.9 Å². The number of nitrogens with one attached hydrogen (secondary N) is 2. The largest absolute Gasteiger partial charge is 0.394 e. The molecule has 2 fully saturated rings. The minimum absolute atomic E-state index is 0.0145. The van der Waals surface area contributed by atoms with E-state index in [1.807, 2.05) is 41.3 Å². The molecule has 15 heterocycles. The molecule has 15 aromatic rings. The highest BCUT2D eigenvalue weighted by Gasteiger charge is 2.37. The number of hydrogen-bond donors (Lipinski definition) is 8. The van der Waals surface area contributed by atoms with Gasteiger partial charge in [0.15, 0.2) is 10.3 Å². The molecule has 0 unspecified atom stereocenters. The Kier molecular flexibility index (Phi) is 26.5. The number of benzene rings is 5. The first-order valence-corrected chi connectivity index (χ1v) is 45.9. The summed E-state index contributed by atoms with van der Waals surface area (Å²) in [6.07, 6.45) is 27.7. The molecule has 2 aliphatic carbocycles. The Bertz CT molecular complexity index is 6200. The van der Waals surface area contributed by atoms with E-state index >= 15 is 0 Å². The molecule has 0 bridgehead atoms. The van der Waals surface area contributed by atoms with Crippen molar-refractivity contribution in [3.63, 3.8) is 0 Å². The Balaban J connectivity index is 0.000000110. The van der Waals surface area contributed by atoms with Crippen LogP contribution in [0.25, 0.3) is 113 Å². The van der Waals surface area contributed by atoms with E-state index in [4.69, 9.17) is 40.6 Å². The maximum atomic E-state index is 13.4. The van der Waals surface area contributed by atoms with Gasteiger partial charge in [-0.3, -0.25) is 0 Å². The number of aromatic nitrogens is 20. The van der Waals surface area contributed by atoms with E-state index in [1.54, 1.807) is 97.7 Å². The molecule has 35 heteroatoms. The van der Waals surface area contributed by atoms with Crippen molar-refractivity contribution in [2.45, 2.75) is 155 Å². The van der Waals surface area contributed by atoms with E-state index < -0.39 is 0 Å². The predicted molar refractivity (Wildman–Crippen MR) is 486 cm³/mol. The first-order valence-electron chi connectivity index (χ1n) is 43.5. The van der Waals surface area contributed by atoms with E-state index in [1.165, 1.54) is 97.0 Å². The quantitative estimate of drug-likeness (QED) is 0.0188. The molecule has 130 heavy (non-hydrogen) atoms. The van der Waals surface area contributed by atoms with Gasteiger partial charge in [-0.1, -0.05) is 23.5 Å². The topological polar surface area (TPSA) is 369 Å². The molecule has 22 rings (SSSR count). The number of imidazole rings is 5. The van der Waals surface area contributed by atoms with Crippen LogP contribution in [0.2, 0.25) is 0 Å².